The van der Waals surface area contributed by atoms with Gasteiger partial charge in [-0.2, -0.15) is 0 Å². The number of rotatable bonds is 5. The fraction of sp³-hybridized carbons (Fsp3) is 0.130. The van der Waals surface area contributed by atoms with Crippen molar-refractivity contribution in [3.05, 3.63) is 82.9 Å². The van der Waals surface area contributed by atoms with Crippen LogP contribution in [0.3, 0.4) is 0 Å². The zero-order valence-corrected chi connectivity index (χ0v) is 17.8. The number of nitrogens with zero attached hydrogens (tertiary/aromatic N) is 3. The summed E-state index contributed by atoms with van der Waals surface area (Å²) in [5.41, 5.74) is 3.63. The van der Waals surface area contributed by atoms with Crippen LogP contribution in [0.4, 0.5) is 22.7 Å². The summed E-state index contributed by atoms with van der Waals surface area (Å²) in [7, 11) is 0. The first kappa shape index (κ1) is 20.3. The molecule has 5 rings (SSSR count). The molecule has 1 aliphatic heterocycles. The largest absolute Gasteiger partial charge is 0.474 e. The molecule has 1 amide bonds. The van der Waals surface area contributed by atoms with Crippen molar-refractivity contribution in [2.24, 2.45) is 0 Å². The highest BCUT2D eigenvalue weighted by Crippen LogP contribution is 2.34. The van der Waals surface area contributed by atoms with E-state index in [1.54, 1.807) is 36.9 Å². The van der Waals surface area contributed by atoms with Gasteiger partial charge in [0.2, 0.25) is 5.88 Å². The Bertz CT molecular complexity index is 1360. The van der Waals surface area contributed by atoms with E-state index >= 15 is 0 Å². The molecule has 0 aliphatic carbocycles. The minimum Gasteiger partial charge on any atom is -0.474 e. The van der Waals surface area contributed by atoms with Crippen LogP contribution in [0, 0.1) is 6.92 Å². The summed E-state index contributed by atoms with van der Waals surface area (Å²) in [6.45, 7) is 3.14. The van der Waals surface area contributed by atoms with Crippen LogP contribution >= 0.6 is 0 Å². The van der Waals surface area contributed by atoms with E-state index < -0.39 is 11.5 Å². The Hall–Kier alpha value is -4.60. The predicted octanol–water partition coefficient (Wildman–Crippen LogP) is 3.06. The zero-order chi connectivity index (χ0) is 22.8. The minimum absolute atomic E-state index is 0.0301. The highest BCUT2D eigenvalue weighted by atomic mass is 16.5. The number of pyridine rings is 2. The molecule has 10 nitrogen and oxygen atoms in total. The van der Waals surface area contributed by atoms with Crippen molar-refractivity contribution in [1.29, 1.82) is 0 Å². The van der Waals surface area contributed by atoms with Gasteiger partial charge in [-0.25, -0.2) is 9.97 Å². The van der Waals surface area contributed by atoms with Crippen LogP contribution in [-0.2, 0) is 0 Å². The quantitative estimate of drug-likeness (QED) is 0.373. The number of carbonyl (C=O) groups is 1. The number of imidazole rings is 1. The van der Waals surface area contributed by atoms with Crippen molar-refractivity contribution in [1.82, 2.24) is 19.5 Å². The Kier molecular flexibility index (Phi) is 5.23. The van der Waals surface area contributed by atoms with Crippen LogP contribution in [0.5, 0.6) is 5.88 Å². The van der Waals surface area contributed by atoms with Crippen molar-refractivity contribution in [2.45, 2.75) is 6.92 Å². The van der Waals surface area contributed by atoms with E-state index in [2.05, 4.69) is 30.9 Å². The summed E-state index contributed by atoms with van der Waals surface area (Å²) in [5, 5.41) is 9.24. The van der Waals surface area contributed by atoms with Gasteiger partial charge < -0.3 is 30.2 Å². The Labute approximate surface area is 188 Å². The molecule has 0 bridgehead atoms. The van der Waals surface area contributed by atoms with Crippen molar-refractivity contribution in [3.8, 4) is 11.6 Å². The normalized spacial score (nSPS) is 12.3. The molecular weight excluding hydrogens is 422 g/mol. The SMILES string of the molecule is Cc1c(Nc2cc[nH]c(=O)c2C(=O)Nc2ccc(-n3ccnc3)cc2)cnc2c1NCCO2. The Balaban J connectivity index is 1.40. The number of ether oxygens (including phenoxy) is 1. The molecule has 0 fully saturated rings. The smallest absolute Gasteiger partial charge is 0.263 e. The van der Waals surface area contributed by atoms with Crippen molar-refractivity contribution in [3.63, 3.8) is 0 Å². The maximum absolute atomic E-state index is 13.0. The van der Waals surface area contributed by atoms with E-state index in [4.69, 9.17) is 4.74 Å². The van der Waals surface area contributed by atoms with Crippen LogP contribution < -0.4 is 26.2 Å². The maximum Gasteiger partial charge on any atom is 0.263 e. The lowest BCUT2D eigenvalue weighted by Crippen LogP contribution is -2.25. The molecule has 0 saturated heterocycles. The number of carbonyl (C=O) groups excluding carboxylic acids is 1. The number of H-pyrrole nitrogens is 1. The molecule has 0 unspecified atom stereocenters. The third-order valence-corrected chi connectivity index (χ3v) is 5.33. The molecule has 1 aliphatic rings. The Morgan fingerprint density at radius 2 is 2.03 bits per heavy atom. The second-order valence-corrected chi connectivity index (χ2v) is 7.44. The number of anilines is 4. The van der Waals surface area contributed by atoms with E-state index in [0.717, 1.165) is 16.9 Å². The molecule has 0 radical (unpaired) electrons. The summed E-state index contributed by atoms with van der Waals surface area (Å²) in [6, 6.07) is 8.87. The molecule has 4 N–H and O–H groups in total. The third-order valence-electron chi connectivity index (χ3n) is 5.33. The Morgan fingerprint density at radius 1 is 1.18 bits per heavy atom. The van der Waals surface area contributed by atoms with Gasteiger partial charge in [0.1, 0.15) is 17.9 Å². The molecular formula is C23H21N7O3. The average Bonchev–Trinajstić information content (AvgIpc) is 3.37. The van der Waals surface area contributed by atoms with E-state index in [9.17, 15) is 9.59 Å². The number of benzene rings is 1. The van der Waals surface area contributed by atoms with Gasteiger partial charge in [-0.15, -0.1) is 0 Å². The van der Waals surface area contributed by atoms with Crippen molar-refractivity contribution >= 4 is 28.7 Å². The second kappa shape index (κ2) is 8.50. The molecule has 0 saturated carbocycles. The van der Waals surface area contributed by atoms with Crippen molar-refractivity contribution < 1.29 is 9.53 Å². The number of aromatic amines is 1. The van der Waals surface area contributed by atoms with Gasteiger partial charge in [0.25, 0.3) is 11.5 Å². The first-order valence-electron chi connectivity index (χ1n) is 10.3. The minimum atomic E-state index is -0.528. The third kappa shape index (κ3) is 4.01. The predicted molar refractivity (Wildman–Crippen MR) is 125 cm³/mol. The fourth-order valence-electron chi connectivity index (χ4n) is 3.62. The number of amides is 1. The first-order valence-corrected chi connectivity index (χ1v) is 10.3. The van der Waals surface area contributed by atoms with Gasteiger partial charge >= 0.3 is 0 Å². The average molecular weight is 443 g/mol. The zero-order valence-electron chi connectivity index (χ0n) is 17.8. The maximum atomic E-state index is 13.0. The highest BCUT2D eigenvalue weighted by molar-refractivity contribution is 6.08. The molecule has 3 aromatic heterocycles. The monoisotopic (exact) mass is 443 g/mol. The summed E-state index contributed by atoms with van der Waals surface area (Å²) >= 11 is 0. The van der Waals surface area contributed by atoms with Crippen LogP contribution in [0.15, 0.2) is 66.2 Å². The van der Waals surface area contributed by atoms with E-state index in [1.807, 2.05) is 29.8 Å². The summed E-state index contributed by atoms with van der Waals surface area (Å²) in [6.07, 6.45) is 8.32. The van der Waals surface area contributed by atoms with Gasteiger partial charge in [-0.3, -0.25) is 9.59 Å². The number of hydrogen-bond donors (Lipinski definition) is 4. The summed E-state index contributed by atoms with van der Waals surface area (Å²) < 4.78 is 7.42. The summed E-state index contributed by atoms with van der Waals surface area (Å²) in [4.78, 5) is 36.5. The second-order valence-electron chi connectivity index (χ2n) is 7.44. The fourth-order valence-corrected chi connectivity index (χ4v) is 3.62. The van der Waals surface area contributed by atoms with Gasteiger partial charge in [0.05, 0.1) is 23.9 Å². The lowest BCUT2D eigenvalue weighted by atomic mass is 10.1. The highest BCUT2D eigenvalue weighted by Gasteiger charge is 2.20. The molecule has 1 aromatic carbocycles. The molecule has 0 atom stereocenters. The number of hydrogen-bond acceptors (Lipinski definition) is 7. The first-order chi connectivity index (χ1) is 16.1. The topological polar surface area (TPSA) is 126 Å². The Morgan fingerprint density at radius 3 is 2.82 bits per heavy atom. The van der Waals surface area contributed by atoms with Gasteiger partial charge in [-0.05, 0) is 37.3 Å². The van der Waals surface area contributed by atoms with Crippen LogP contribution in [0.2, 0.25) is 0 Å². The number of nitrogens with one attached hydrogen (secondary N) is 4. The lowest BCUT2D eigenvalue weighted by molar-refractivity contribution is 0.102. The van der Waals surface area contributed by atoms with Crippen LogP contribution in [0.25, 0.3) is 5.69 Å². The van der Waals surface area contributed by atoms with Crippen LogP contribution in [0.1, 0.15) is 15.9 Å². The molecule has 166 valence electrons. The summed E-state index contributed by atoms with van der Waals surface area (Å²) in [5.74, 6) is 0.00655. The molecule has 4 aromatic rings. The molecule has 4 heterocycles. The number of fused-ring (bicyclic) bond motifs is 1. The number of aromatic nitrogens is 4. The van der Waals surface area contributed by atoms with Gasteiger partial charge in [0.15, 0.2) is 0 Å². The van der Waals surface area contributed by atoms with E-state index in [-0.39, 0.29) is 5.56 Å². The molecule has 0 spiro atoms. The standard InChI is InChI=1S/C23H21N7O3/c1-14-18(12-27-23-20(14)25-9-11-33-23)29-17-6-7-26-21(31)19(17)22(32)28-15-2-4-16(5-3-15)30-10-8-24-13-30/h2-8,10,12-13,25H,9,11H2,1H3,(H,28,32)(H2,26,29,31). The van der Waals surface area contributed by atoms with E-state index in [1.165, 1.54) is 6.20 Å². The van der Waals surface area contributed by atoms with Crippen molar-refractivity contribution in [2.75, 3.05) is 29.1 Å². The molecule has 10 heteroatoms. The van der Waals surface area contributed by atoms with E-state index in [0.29, 0.717) is 36.1 Å². The lowest BCUT2D eigenvalue weighted by Gasteiger charge is -2.22. The van der Waals surface area contributed by atoms with Gasteiger partial charge in [0, 0.05) is 42.1 Å². The molecule has 33 heavy (non-hydrogen) atoms. The van der Waals surface area contributed by atoms with Crippen LogP contribution in [-0.4, -0.2) is 38.6 Å². The van der Waals surface area contributed by atoms with Gasteiger partial charge in [-0.1, -0.05) is 0 Å².